The molecule has 1 amide bonds. The Kier molecular flexibility index (Phi) is 5.17. The summed E-state index contributed by atoms with van der Waals surface area (Å²) in [6, 6.07) is 8.99. The van der Waals surface area contributed by atoms with Crippen LogP contribution in [0.4, 0.5) is 11.4 Å². The summed E-state index contributed by atoms with van der Waals surface area (Å²) in [5.41, 5.74) is 2.88. The molecule has 21 heavy (non-hydrogen) atoms. The lowest BCUT2D eigenvalue weighted by atomic mass is 10.2. The van der Waals surface area contributed by atoms with Gasteiger partial charge in [-0.25, -0.2) is 0 Å². The quantitative estimate of drug-likeness (QED) is 0.873. The van der Waals surface area contributed by atoms with E-state index in [9.17, 15) is 4.79 Å². The van der Waals surface area contributed by atoms with E-state index in [2.05, 4.69) is 22.5 Å². The first-order valence-electron chi connectivity index (χ1n) is 6.87. The average Bonchev–Trinajstić information content (AvgIpc) is 2.49. The van der Waals surface area contributed by atoms with Crippen LogP contribution in [0.5, 0.6) is 0 Å². The number of carbonyl (C=O) groups is 1. The molecule has 0 atom stereocenters. The lowest BCUT2D eigenvalue weighted by Gasteiger charge is -2.08. The highest BCUT2D eigenvalue weighted by atomic mass is 35.5. The van der Waals surface area contributed by atoms with Crippen LogP contribution in [0, 0.1) is 6.92 Å². The van der Waals surface area contributed by atoms with Crippen molar-refractivity contribution >= 4 is 28.9 Å². The van der Waals surface area contributed by atoms with E-state index in [4.69, 9.17) is 11.6 Å². The molecule has 2 N–H and O–H groups in total. The van der Waals surface area contributed by atoms with Crippen LogP contribution in [0.1, 0.15) is 29.4 Å². The zero-order valence-electron chi connectivity index (χ0n) is 12.1. The Labute approximate surface area is 129 Å². The van der Waals surface area contributed by atoms with Gasteiger partial charge in [-0.3, -0.25) is 9.78 Å². The Morgan fingerprint density at radius 2 is 2.05 bits per heavy atom. The summed E-state index contributed by atoms with van der Waals surface area (Å²) in [7, 11) is 0. The molecule has 1 aromatic carbocycles. The van der Waals surface area contributed by atoms with E-state index in [1.807, 2.05) is 25.1 Å². The summed E-state index contributed by atoms with van der Waals surface area (Å²) < 4.78 is 0. The van der Waals surface area contributed by atoms with E-state index >= 15 is 0 Å². The van der Waals surface area contributed by atoms with E-state index in [1.165, 1.54) is 0 Å². The molecule has 0 radical (unpaired) electrons. The highest BCUT2D eigenvalue weighted by molar-refractivity contribution is 6.31. The summed E-state index contributed by atoms with van der Waals surface area (Å²) in [5.74, 6) is -0.255. The van der Waals surface area contributed by atoms with Crippen molar-refractivity contribution in [3.05, 3.63) is 52.8 Å². The zero-order valence-corrected chi connectivity index (χ0v) is 12.9. The molecule has 0 aliphatic heterocycles. The number of carbonyl (C=O) groups excluding carboxylic acids is 1. The zero-order chi connectivity index (χ0) is 15.2. The molecule has 2 aromatic rings. The van der Waals surface area contributed by atoms with Crippen molar-refractivity contribution in [2.24, 2.45) is 0 Å². The van der Waals surface area contributed by atoms with Crippen molar-refractivity contribution in [2.75, 3.05) is 17.2 Å². The van der Waals surface area contributed by atoms with Crippen LogP contribution in [-0.4, -0.2) is 17.4 Å². The van der Waals surface area contributed by atoms with Crippen molar-refractivity contribution in [1.29, 1.82) is 0 Å². The molecule has 0 bridgehead atoms. The first-order valence-corrected chi connectivity index (χ1v) is 7.25. The number of halogens is 1. The normalized spacial score (nSPS) is 10.2. The predicted molar refractivity (Wildman–Crippen MR) is 87.2 cm³/mol. The van der Waals surface area contributed by atoms with Crippen LogP contribution in [0.15, 0.2) is 36.5 Å². The Morgan fingerprint density at radius 1 is 1.24 bits per heavy atom. The monoisotopic (exact) mass is 303 g/mol. The number of aryl methyl sites for hydroxylation is 1. The van der Waals surface area contributed by atoms with Gasteiger partial charge in [0.15, 0.2) is 0 Å². The molecular formula is C16H18ClN3O. The first kappa shape index (κ1) is 15.3. The Balaban J connectivity index is 2.10. The smallest absolute Gasteiger partial charge is 0.274 e. The number of nitrogens with one attached hydrogen (secondary N) is 2. The van der Waals surface area contributed by atoms with Crippen LogP contribution in [0.3, 0.4) is 0 Å². The average molecular weight is 304 g/mol. The maximum atomic E-state index is 12.2. The van der Waals surface area contributed by atoms with E-state index in [-0.39, 0.29) is 5.91 Å². The Hall–Kier alpha value is -2.07. The number of hydrogen-bond donors (Lipinski definition) is 2. The molecule has 1 heterocycles. The van der Waals surface area contributed by atoms with Crippen molar-refractivity contribution in [1.82, 2.24) is 4.98 Å². The van der Waals surface area contributed by atoms with Gasteiger partial charge < -0.3 is 10.6 Å². The number of benzene rings is 1. The van der Waals surface area contributed by atoms with Crippen LogP contribution in [0.2, 0.25) is 5.02 Å². The summed E-state index contributed by atoms with van der Waals surface area (Å²) in [6.07, 6.45) is 2.64. The molecule has 0 unspecified atom stereocenters. The first-order chi connectivity index (χ1) is 10.1. The van der Waals surface area contributed by atoms with Gasteiger partial charge in [0.2, 0.25) is 0 Å². The molecule has 2 rings (SSSR count). The number of nitrogens with zero attached hydrogens (tertiary/aromatic N) is 1. The molecule has 0 spiro atoms. The van der Waals surface area contributed by atoms with Gasteiger partial charge in [-0.2, -0.15) is 0 Å². The molecule has 0 aliphatic carbocycles. The van der Waals surface area contributed by atoms with Crippen LogP contribution in [-0.2, 0) is 0 Å². The van der Waals surface area contributed by atoms with Gasteiger partial charge in [-0.05, 0) is 43.2 Å². The minimum Gasteiger partial charge on any atom is -0.385 e. The third kappa shape index (κ3) is 4.20. The van der Waals surface area contributed by atoms with Gasteiger partial charge in [0.25, 0.3) is 5.91 Å². The minimum absolute atomic E-state index is 0.255. The predicted octanol–water partition coefficient (Wildman–Crippen LogP) is 4.12. The number of rotatable bonds is 5. The van der Waals surface area contributed by atoms with E-state index in [0.717, 1.165) is 24.2 Å². The maximum absolute atomic E-state index is 12.2. The van der Waals surface area contributed by atoms with Gasteiger partial charge in [-0.1, -0.05) is 24.6 Å². The SMILES string of the molecule is CCCNc1ccnc(C(=O)Nc2ccc(C)c(Cl)c2)c1. The van der Waals surface area contributed by atoms with Gasteiger partial charge >= 0.3 is 0 Å². The van der Waals surface area contributed by atoms with Crippen LogP contribution >= 0.6 is 11.6 Å². The van der Waals surface area contributed by atoms with Gasteiger partial charge in [0.1, 0.15) is 5.69 Å². The number of pyridine rings is 1. The summed E-state index contributed by atoms with van der Waals surface area (Å²) in [5, 5.41) is 6.65. The van der Waals surface area contributed by atoms with Crippen molar-refractivity contribution in [3.8, 4) is 0 Å². The molecule has 0 saturated carbocycles. The molecule has 5 heteroatoms. The largest absolute Gasteiger partial charge is 0.385 e. The molecule has 4 nitrogen and oxygen atoms in total. The fourth-order valence-electron chi connectivity index (χ4n) is 1.80. The van der Waals surface area contributed by atoms with Gasteiger partial charge in [0.05, 0.1) is 0 Å². The third-order valence-electron chi connectivity index (χ3n) is 3.00. The Bertz CT molecular complexity index is 643. The molecule has 1 aromatic heterocycles. The lowest BCUT2D eigenvalue weighted by Crippen LogP contribution is -2.14. The van der Waals surface area contributed by atoms with E-state index in [0.29, 0.717) is 16.4 Å². The van der Waals surface area contributed by atoms with E-state index < -0.39 is 0 Å². The molecular weight excluding hydrogens is 286 g/mol. The van der Waals surface area contributed by atoms with Crippen molar-refractivity contribution < 1.29 is 4.79 Å². The number of hydrogen-bond acceptors (Lipinski definition) is 3. The fourth-order valence-corrected chi connectivity index (χ4v) is 1.98. The second-order valence-corrected chi connectivity index (χ2v) is 5.18. The van der Waals surface area contributed by atoms with Crippen LogP contribution < -0.4 is 10.6 Å². The minimum atomic E-state index is -0.255. The van der Waals surface area contributed by atoms with Crippen molar-refractivity contribution in [3.63, 3.8) is 0 Å². The summed E-state index contributed by atoms with van der Waals surface area (Å²) in [4.78, 5) is 16.3. The van der Waals surface area contributed by atoms with Crippen molar-refractivity contribution in [2.45, 2.75) is 20.3 Å². The fraction of sp³-hybridized carbons (Fsp3) is 0.250. The number of amides is 1. The van der Waals surface area contributed by atoms with Gasteiger partial charge in [0, 0.05) is 29.1 Å². The lowest BCUT2D eigenvalue weighted by molar-refractivity contribution is 0.102. The highest BCUT2D eigenvalue weighted by Crippen LogP contribution is 2.20. The molecule has 0 fully saturated rings. The number of anilines is 2. The Morgan fingerprint density at radius 3 is 2.76 bits per heavy atom. The molecule has 110 valence electrons. The number of aromatic nitrogens is 1. The third-order valence-corrected chi connectivity index (χ3v) is 3.41. The van der Waals surface area contributed by atoms with E-state index in [1.54, 1.807) is 18.3 Å². The highest BCUT2D eigenvalue weighted by Gasteiger charge is 2.09. The van der Waals surface area contributed by atoms with Crippen LogP contribution in [0.25, 0.3) is 0 Å². The summed E-state index contributed by atoms with van der Waals surface area (Å²) in [6.45, 7) is 4.86. The topological polar surface area (TPSA) is 54.0 Å². The second kappa shape index (κ2) is 7.09. The summed E-state index contributed by atoms with van der Waals surface area (Å²) >= 11 is 6.05. The standard InChI is InChI=1S/C16H18ClN3O/c1-3-7-18-12-6-8-19-15(10-12)16(21)20-13-5-4-11(2)14(17)9-13/h4-6,8-10H,3,7H2,1-2H3,(H,18,19)(H,20,21). The molecule has 0 aliphatic rings. The van der Waals surface area contributed by atoms with Gasteiger partial charge in [-0.15, -0.1) is 0 Å². The molecule has 0 saturated heterocycles. The maximum Gasteiger partial charge on any atom is 0.274 e. The second-order valence-electron chi connectivity index (χ2n) is 4.77.